The lowest BCUT2D eigenvalue weighted by molar-refractivity contribution is -0.111. The molecule has 5 nitrogen and oxygen atoms in total. The van der Waals surface area contributed by atoms with Crippen molar-refractivity contribution in [2.45, 2.75) is 32.7 Å². The second-order valence-electron chi connectivity index (χ2n) is 9.11. The van der Waals surface area contributed by atoms with Crippen LogP contribution in [0.3, 0.4) is 0 Å². The van der Waals surface area contributed by atoms with E-state index in [-0.39, 0.29) is 11.7 Å². The summed E-state index contributed by atoms with van der Waals surface area (Å²) < 4.78 is 21.9. The molecule has 5 rings (SSSR count). The maximum Gasteiger partial charge on any atom is 0.256 e. The summed E-state index contributed by atoms with van der Waals surface area (Å²) >= 11 is 12.9. The Morgan fingerprint density at radius 2 is 1.87 bits per heavy atom. The molecule has 3 aliphatic carbocycles. The zero-order valence-electron chi connectivity index (χ0n) is 21.0. The highest BCUT2D eigenvalue weighted by molar-refractivity contribution is 6.36. The molecule has 0 spiro atoms. The number of aromatic nitrogens is 2. The smallest absolute Gasteiger partial charge is 0.256 e. The lowest BCUT2D eigenvalue weighted by atomic mass is 10.0. The van der Waals surface area contributed by atoms with Crippen molar-refractivity contribution >= 4 is 58.3 Å². The quantitative estimate of drug-likeness (QED) is 0.491. The number of hydrogen-bond acceptors (Lipinski definition) is 3. The summed E-state index contributed by atoms with van der Waals surface area (Å²) in [6.07, 6.45) is 21.3. The van der Waals surface area contributed by atoms with Crippen molar-refractivity contribution < 1.29 is 13.9 Å². The third kappa shape index (κ3) is 5.06. The molecule has 2 heterocycles. The second kappa shape index (κ2) is 11.0. The predicted octanol–water partition coefficient (Wildman–Crippen LogP) is 6.09. The van der Waals surface area contributed by atoms with Gasteiger partial charge in [0.15, 0.2) is 0 Å². The van der Waals surface area contributed by atoms with E-state index in [4.69, 9.17) is 27.9 Å². The Balaban J connectivity index is 1.71. The van der Waals surface area contributed by atoms with Gasteiger partial charge in [-0.15, -0.1) is 0 Å². The predicted molar refractivity (Wildman–Crippen MR) is 152 cm³/mol. The number of allylic oxidation sites excluding steroid dienone is 10. The molecular weight excluding hydrogens is 524 g/mol. The first-order valence-electron chi connectivity index (χ1n) is 12.3. The van der Waals surface area contributed by atoms with Crippen LogP contribution in [0, 0.1) is 6.92 Å². The first-order chi connectivity index (χ1) is 18.4. The van der Waals surface area contributed by atoms with E-state index in [0.29, 0.717) is 52.9 Å². The highest BCUT2D eigenvalue weighted by Crippen LogP contribution is 2.32. The molecule has 0 saturated carbocycles. The van der Waals surface area contributed by atoms with E-state index in [1.54, 1.807) is 25.5 Å². The average molecular weight is 550 g/mol. The highest BCUT2D eigenvalue weighted by Gasteiger charge is 2.28. The summed E-state index contributed by atoms with van der Waals surface area (Å²) in [5.74, 6) is 0.0853. The van der Waals surface area contributed by atoms with Gasteiger partial charge in [-0.1, -0.05) is 53.6 Å². The lowest BCUT2D eigenvalue weighted by Gasteiger charge is -2.16. The Morgan fingerprint density at radius 1 is 1.08 bits per heavy atom. The zero-order valence-corrected chi connectivity index (χ0v) is 22.5. The number of fused-ring (bicyclic) bond motifs is 3. The number of methoxy groups -OCH3 is 1. The SMILES string of the molecule is COC1=CCC=C(C(=O)Nc2c(C)cncc2Cl)c2c1n(CC1=CCC=C(F)C=C1)c1c2=CC(Cl)=CCC=1. The largest absolute Gasteiger partial charge is 0.495 e. The second-order valence-corrected chi connectivity index (χ2v) is 9.96. The number of carbonyl (C=O) groups excluding carboxylic acids is 1. The third-order valence-corrected chi connectivity index (χ3v) is 7.21. The minimum Gasteiger partial charge on any atom is -0.495 e. The lowest BCUT2D eigenvalue weighted by Crippen LogP contribution is -2.31. The average Bonchev–Trinajstić information content (AvgIpc) is 3.14. The van der Waals surface area contributed by atoms with Crippen molar-refractivity contribution in [2.24, 2.45) is 0 Å². The van der Waals surface area contributed by atoms with Crippen LogP contribution >= 0.6 is 23.2 Å². The fraction of sp³-hybridized carbons (Fsp3) is 0.200. The number of amides is 1. The number of carbonyl (C=O) groups is 1. The number of halogens is 3. The molecule has 0 aromatic carbocycles. The van der Waals surface area contributed by atoms with Gasteiger partial charge < -0.3 is 14.6 Å². The molecule has 2 aromatic rings. The van der Waals surface area contributed by atoms with Crippen LogP contribution in [0.5, 0.6) is 0 Å². The van der Waals surface area contributed by atoms with Crippen LogP contribution in [-0.2, 0) is 16.1 Å². The van der Waals surface area contributed by atoms with E-state index in [0.717, 1.165) is 33.0 Å². The molecule has 38 heavy (non-hydrogen) atoms. The van der Waals surface area contributed by atoms with Gasteiger partial charge in [-0.3, -0.25) is 9.78 Å². The van der Waals surface area contributed by atoms with Gasteiger partial charge in [0.1, 0.15) is 11.6 Å². The van der Waals surface area contributed by atoms with E-state index in [9.17, 15) is 9.18 Å². The molecule has 8 heteroatoms. The molecule has 1 N–H and O–H groups in total. The minimum atomic E-state index is -0.300. The van der Waals surface area contributed by atoms with E-state index in [1.165, 1.54) is 12.3 Å². The molecule has 0 unspecified atom stereocenters. The number of hydrogen-bond donors (Lipinski definition) is 1. The van der Waals surface area contributed by atoms with Crippen LogP contribution in [0.2, 0.25) is 5.02 Å². The number of nitrogens with zero attached hydrogens (tertiary/aromatic N) is 2. The van der Waals surface area contributed by atoms with Gasteiger partial charge in [0.05, 0.1) is 23.5 Å². The normalized spacial score (nSPS) is 16.5. The van der Waals surface area contributed by atoms with Gasteiger partial charge >= 0.3 is 0 Å². The molecule has 2 aromatic heterocycles. The maximum atomic E-state index is 13.9. The minimum absolute atomic E-state index is 0.262. The fourth-order valence-corrected chi connectivity index (χ4v) is 5.33. The van der Waals surface area contributed by atoms with Crippen molar-refractivity contribution in [1.29, 1.82) is 0 Å². The molecular formula is C30H26Cl2FN3O2. The molecule has 0 saturated heterocycles. The highest BCUT2D eigenvalue weighted by atomic mass is 35.5. The van der Waals surface area contributed by atoms with Crippen molar-refractivity contribution in [1.82, 2.24) is 9.55 Å². The molecule has 3 aliphatic rings. The van der Waals surface area contributed by atoms with Crippen molar-refractivity contribution in [2.75, 3.05) is 12.4 Å². The Kier molecular flexibility index (Phi) is 7.54. The van der Waals surface area contributed by atoms with Crippen LogP contribution in [0.1, 0.15) is 36.1 Å². The zero-order chi connectivity index (χ0) is 26.8. The molecule has 194 valence electrons. The number of pyridine rings is 1. The van der Waals surface area contributed by atoms with Gasteiger partial charge in [-0.05, 0) is 61.6 Å². The fourth-order valence-electron chi connectivity index (χ4n) is 4.88. The van der Waals surface area contributed by atoms with E-state index in [1.807, 2.05) is 37.3 Å². The topological polar surface area (TPSA) is 56.1 Å². The summed E-state index contributed by atoms with van der Waals surface area (Å²) in [7, 11) is 1.62. The Bertz CT molecular complexity index is 1620. The molecule has 0 aliphatic heterocycles. The number of ether oxygens (including phenoxy) is 1. The van der Waals surface area contributed by atoms with Crippen LogP contribution in [0.15, 0.2) is 71.4 Å². The molecule has 0 fully saturated rings. The monoisotopic (exact) mass is 549 g/mol. The summed E-state index contributed by atoms with van der Waals surface area (Å²) in [6, 6.07) is 0. The number of rotatable bonds is 5. The Morgan fingerprint density at radius 3 is 2.66 bits per heavy atom. The summed E-state index contributed by atoms with van der Waals surface area (Å²) in [5, 5.41) is 5.67. The van der Waals surface area contributed by atoms with Gasteiger partial charge in [-0.2, -0.15) is 0 Å². The van der Waals surface area contributed by atoms with Crippen LogP contribution in [0.4, 0.5) is 10.1 Å². The molecule has 0 atom stereocenters. The van der Waals surface area contributed by atoms with E-state index < -0.39 is 0 Å². The Hall–Kier alpha value is -3.61. The van der Waals surface area contributed by atoms with E-state index >= 15 is 0 Å². The molecule has 0 bridgehead atoms. The molecule has 0 radical (unpaired) electrons. The molecule has 1 amide bonds. The number of aryl methyl sites for hydroxylation is 1. The number of nitrogens with one attached hydrogen (secondary N) is 1. The van der Waals surface area contributed by atoms with Crippen molar-refractivity contribution in [3.05, 3.63) is 104 Å². The van der Waals surface area contributed by atoms with E-state index in [2.05, 4.69) is 20.9 Å². The van der Waals surface area contributed by atoms with Crippen LogP contribution in [0.25, 0.3) is 23.5 Å². The maximum absolute atomic E-state index is 13.9. The third-order valence-electron chi connectivity index (χ3n) is 6.66. The van der Waals surface area contributed by atoms with Crippen LogP contribution in [-0.4, -0.2) is 22.6 Å². The first kappa shape index (κ1) is 26.0. The number of anilines is 1. The van der Waals surface area contributed by atoms with Gasteiger partial charge in [-0.25, -0.2) is 4.39 Å². The van der Waals surface area contributed by atoms with Gasteiger partial charge in [0, 0.05) is 45.7 Å². The van der Waals surface area contributed by atoms with Crippen LogP contribution < -0.4 is 15.9 Å². The Labute approximate surface area is 230 Å². The van der Waals surface area contributed by atoms with Gasteiger partial charge in [0.25, 0.3) is 5.91 Å². The first-order valence-corrected chi connectivity index (χ1v) is 13.0. The summed E-state index contributed by atoms with van der Waals surface area (Å²) in [5.41, 5.74) is 4.18. The van der Waals surface area contributed by atoms with Gasteiger partial charge in [0.2, 0.25) is 0 Å². The standard InChI is InChI=1S/C30H26Cl2FN3O2/c1-18-15-34-16-24(32)28(18)35-30(37)22-9-5-11-26(38-2)29-27(22)23-14-20(31)7-4-10-25(23)36(29)17-19-6-3-8-21(33)13-12-19/h6-16H,3-5,17H2,1-2H3,(H,34,35,37). The van der Waals surface area contributed by atoms with Crippen molar-refractivity contribution in [3.63, 3.8) is 0 Å². The summed E-state index contributed by atoms with van der Waals surface area (Å²) in [4.78, 5) is 17.9. The van der Waals surface area contributed by atoms with Crippen molar-refractivity contribution in [3.8, 4) is 0 Å². The summed E-state index contributed by atoms with van der Waals surface area (Å²) in [6.45, 7) is 2.30.